The number of piperidine rings is 1. The molecule has 1 aliphatic rings. The van der Waals surface area contributed by atoms with Crippen LogP contribution in [0.1, 0.15) is 23.2 Å². The number of rotatable bonds is 6. The van der Waals surface area contributed by atoms with E-state index in [0.29, 0.717) is 12.5 Å². The summed E-state index contributed by atoms with van der Waals surface area (Å²) in [6.45, 7) is 6.82. The number of hydrogen-bond acceptors (Lipinski definition) is 3. The summed E-state index contributed by atoms with van der Waals surface area (Å²) in [4.78, 5) is 14.4. The quantitative estimate of drug-likeness (QED) is 0.818. The van der Waals surface area contributed by atoms with E-state index in [-0.39, 0.29) is 18.3 Å². The van der Waals surface area contributed by atoms with E-state index >= 15 is 0 Å². The molecule has 1 aromatic carbocycles. The molecule has 1 heterocycles. The third-order valence-corrected chi connectivity index (χ3v) is 3.86. The molecule has 0 radical (unpaired) electrons. The highest BCUT2D eigenvalue weighted by molar-refractivity contribution is 5.94. The third kappa shape index (κ3) is 5.04. The van der Waals surface area contributed by atoms with E-state index in [0.717, 1.165) is 43.8 Å². The van der Waals surface area contributed by atoms with Gasteiger partial charge in [-0.2, -0.15) is 0 Å². The molecule has 0 atom stereocenters. The number of carbonyl (C=O) groups is 1. The Bertz CT molecular complexity index is 468. The lowest BCUT2D eigenvalue weighted by molar-refractivity contribution is 0.0691. The number of ether oxygens (including phenoxy) is 1. The molecule has 0 aliphatic carbocycles. The number of likely N-dealkylation sites (tertiary alicyclic amines) is 1. The van der Waals surface area contributed by atoms with E-state index in [1.54, 1.807) is 6.08 Å². The van der Waals surface area contributed by atoms with E-state index in [1.165, 1.54) is 0 Å². The van der Waals surface area contributed by atoms with Crippen LogP contribution >= 0.6 is 12.4 Å². The molecular weight excluding hydrogens is 300 g/mol. The monoisotopic (exact) mass is 324 g/mol. The first kappa shape index (κ1) is 18.5. The van der Waals surface area contributed by atoms with Crippen LogP contribution in [0.3, 0.4) is 0 Å². The molecule has 1 fully saturated rings. The minimum absolute atomic E-state index is 0. The number of hydrogen-bond donors (Lipinski definition) is 1. The van der Waals surface area contributed by atoms with Crippen LogP contribution in [0.2, 0.25) is 0 Å². The zero-order valence-corrected chi connectivity index (χ0v) is 13.9. The van der Waals surface area contributed by atoms with Gasteiger partial charge >= 0.3 is 0 Å². The lowest BCUT2D eigenvalue weighted by atomic mass is 9.96. The highest BCUT2D eigenvalue weighted by atomic mass is 35.5. The molecule has 0 unspecified atom stereocenters. The Morgan fingerprint density at radius 2 is 2.00 bits per heavy atom. The Labute approximate surface area is 138 Å². The SMILES string of the molecule is C=CCOc1ccc(C(=O)N2CCC(CNC)CC2)cc1.Cl. The summed E-state index contributed by atoms with van der Waals surface area (Å²) in [6.07, 6.45) is 3.86. The Morgan fingerprint density at radius 1 is 1.36 bits per heavy atom. The molecule has 4 nitrogen and oxygen atoms in total. The molecular formula is C17H25ClN2O2. The number of halogens is 1. The van der Waals surface area contributed by atoms with E-state index in [2.05, 4.69) is 11.9 Å². The molecule has 0 bridgehead atoms. The minimum Gasteiger partial charge on any atom is -0.490 e. The van der Waals surface area contributed by atoms with Crippen molar-refractivity contribution in [1.29, 1.82) is 0 Å². The van der Waals surface area contributed by atoms with E-state index in [4.69, 9.17) is 4.74 Å². The van der Waals surface area contributed by atoms with Crippen LogP contribution < -0.4 is 10.1 Å². The molecule has 0 spiro atoms. The second-order valence-electron chi connectivity index (χ2n) is 5.42. The van der Waals surface area contributed by atoms with E-state index in [9.17, 15) is 4.79 Å². The van der Waals surface area contributed by atoms with Crippen molar-refractivity contribution in [3.8, 4) is 5.75 Å². The van der Waals surface area contributed by atoms with Gasteiger partial charge in [-0.1, -0.05) is 12.7 Å². The first-order valence-corrected chi connectivity index (χ1v) is 7.52. The van der Waals surface area contributed by atoms with Gasteiger partial charge in [-0.25, -0.2) is 0 Å². The second kappa shape index (κ2) is 9.49. The van der Waals surface area contributed by atoms with Crippen LogP contribution in [-0.4, -0.2) is 44.1 Å². The summed E-state index contributed by atoms with van der Waals surface area (Å²) in [5.41, 5.74) is 0.730. The highest BCUT2D eigenvalue weighted by Gasteiger charge is 2.23. The first-order valence-electron chi connectivity index (χ1n) is 7.52. The summed E-state index contributed by atoms with van der Waals surface area (Å²) in [5, 5.41) is 3.21. The van der Waals surface area contributed by atoms with Gasteiger partial charge in [0.25, 0.3) is 5.91 Å². The topological polar surface area (TPSA) is 41.6 Å². The van der Waals surface area contributed by atoms with Crippen LogP contribution in [0.15, 0.2) is 36.9 Å². The maximum atomic E-state index is 12.4. The van der Waals surface area contributed by atoms with E-state index < -0.39 is 0 Å². The Hall–Kier alpha value is -1.52. The number of nitrogens with one attached hydrogen (secondary N) is 1. The minimum atomic E-state index is 0. The molecule has 1 aromatic rings. The number of amides is 1. The zero-order chi connectivity index (χ0) is 15.1. The number of carbonyl (C=O) groups excluding carboxylic acids is 1. The van der Waals surface area contributed by atoms with Gasteiger partial charge in [0.15, 0.2) is 0 Å². The summed E-state index contributed by atoms with van der Waals surface area (Å²) < 4.78 is 5.43. The van der Waals surface area contributed by atoms with Gasteiger partial charge in [0.1, 0.15) is 12.4 Å². The summed E-state index contributed by atoms with van der Waals surface area (Å²) >= 11 is 0. The molecule has 5 heteroatoms. The summed E-state index contributed by atoms with van der Waals surface area (Å²) in [7, 11) is 1.98. The standard InChI is InChI=1S/C17H24N2O2.ClH/c1-3-12-21-16-6-4-15(5-7-16)17(20)19-10-8-14(9-11-19)13-18-2;/h3-7,14,18H,1,8-13H2,2H3;1H. The largest absolute Gasteiger partial charge is 0.490 e. The molecule has 1 aliphatic heterocycles. The van der Waals surface area contributed by atoms with Crippen molar-refractivity contribution >= 4 is 18.3 Å². The van der Waals surface area contributed by atoms with Crippen LogP contribution in [0.5, 0.6) is 5.75 Å². The summed E-state index contributed by atoms with van der Waals surface area (Å²) in [5.74, 6) is 1.57. The predicted molar refractivity (Wildman–Crippen MR) is 91.9 cm³/mol. The summed E-state index contributed by atoms with van der Waals surface area (Å²) in [6, 6.07) is 7.34. The molecule has 1 amide bonds. The average Bonchev–Trinajstić information content (AvgIpc) is 2.54. The molecule has 22 heavy (non-hydrogen) atoms. The number of nitrogens with zero attached hydrogens (tertiary/aromatic N) is 1. The smallest absolute Gasteiger partial charge is 0.253 e. The van der Waals surface area contributed by atoms with Gasteiger partial charge in [-0.3, -0.25) is 4.79 Å². The van der Waals surface area contributed by atoms with Crippen LogP contribution in [0.4, 0.5) is 0 Å². The normalized spacial score (nSPS) is 15.0. The van der Waals surface area contributed by atoms with Gasteiger partial charge in [0.2, 0.25) is 0 Å². The molecule has 122 valence electrons. The van der Waals surface area contributed by atoms with Gasteiger partial charge < -0.3 is 15.0 Å². The fraction of sp³-hybridized carbons (Fsp3) is 0.471. The predicted octanol–water partition coefficient (Wildman–Crippen LogP) is 2.74. The molecule has 2 rings (SSSR count). The van der Waals surface area contributed by atoms with Gasteiger partial charge in [-0.05, 0) is 56.6 Å². The van der Waals surface area contributed by atoms with Crippen molar-refractivity contribution in [3.05, 3.63) is 42.5 Å². The fourth-order valence-corrected chi connectivity index (χ4v) is 2.66. The average molecular weight is 325 g/mol. The molecule has 1 saturated heterocycles. The molecule has 0 aromatic heterocycles. The van der Waals surface area contributed by atoms with Crippen LogP contribution in [0, 0.1) is 5.92 Å². The van der Waals surface area contributed by atoms with Crippen molar-refractivity contribution in [2.45, 2.75) is 12.8 Å². The zero-order valence-electron chi connectivity index (χ0n) is 13.1. The van der Waals surface area contributed by atoms with Crippen molar-refractivity contribution in [2.24, 2.45) is 5.92 Å². The lowest BCUT2D eigenvalue weighted by Crippen LogP contribution is -2.40. The van der Waals surface area contributed by atoms with Crippen molar-refractivity contribution in [1.82, 2.24) is 10.2 Å². The molecule has 1 N–H and O–H groups in total. The van der Waals surface area contributed by atoms with Crippen molar-refractivity contribution in [3.63, 3.8) is 0 Å². The molecule has 0 saturated carbocycles. The fourth-order valence-electron chi connectivity index (χ4n) is 2.66. The van der Waals surface area contributed by atoms with Crippen LogP contribution in [0.25, 0.3) is 0 Å². The third-order valence-electron chi connectivity index (χ3n) is 3.86. The highest BCUT2D eigenvalue weighted by Crippen LogP contribution is 2.19. The van der Waals surface area contributed by atoms with E-state index in [1.807, 2.05) is 36.2 Å². The lowest BCUT2D eigenvalue weighted by Gasteiger charge is -2.32. The number of benzene rings is 1. The maximum Gasteiger partial charge on any atom is 0.253 e. The van der Waals surface area contributed by atoms with Crippen molar-refractivity contribution < 1.29 is 9.53 Å². The van der Waals surface area contributed by atoms with Crippen molar-refractivity contribution in [2.75, 3.05) is 33.3 Å². The Kier molecular flexibility index (Phi) is 7.99. The Balaban J connectivity index is 0.00000242. The van der Waals surface area contributed by atoms with Crippen LogP contribution in [-0.2, 0) is 0 Å². The van der Waals surface area contributed by atoms with Gasteiger partial charge in [-0.15, -0.1) is 12.4 Å². The van der Waals surface area contributed by atoms with Gasteiger partial charge in [0, 0.05) is 18.7 Å². The Morgan fingerprint density at radius 3 is 2.55 bits per heavy atom. The maximum absolute atomic E-state index is 12.4. The first-order chi connectivity index (χ1) is 10.2. The second-order valence-corrected chi connectivity index (χ2v) is 5.42. The van der Waals surface area contributed by atoms with Gasteiger partial charge in [0.05, 0.1) is 0 Å².